The maximum atomic E-state index is 12.3. The van der Waals surface area contributed by atoms with Crippen molar-refractivity contribution >= 4 is 17.5 Å². The zero-order valence-corrected chi connectivity index (χ0v) is 11.7. The number of anilines is 2. The summed E-state index contributed by atoms with van der Waals surface area (Å²) in [6.07, 6.45) is -0.804. The van der Waals surface area contributed by atoms with Gasteiger partial charge in [-0.05, 0) is 26.8 Å². The van der Waals surface area contributed by atoms with Crippen LogP contribution in [0.4, 0.5) is 25.0 Å². The van der Waals surface area contributed by atoms with E-state index in [9.17, 15) is 13.6 Å². The van der Waals surface area contributed by atoms with Gasteiger partial charge in [-0.3, -0.25) is 5.32 Å². The normalized spacial score (nSPS) is 10.9. The molecule has 0 fully saturated rings. The summed E-state index contributed by atoms with van der Waals surface area (Å²) in [5.41, 5.74) is 4.79. The Balaban J connectivity index is 3.03. The van der Waals surface area contributed by atoms with Gasteiger partial charge in [-0.1, -0.05) is 0 Å². The van der Waals surface area contributed by atoms with E-state index in [-0.39, 0.29) is 22.7 Å². The zero-order chi connectivity index (χ0) is 16.2. The fourth-order valence-electron chi connectivity index (χ4n) is 1.40. The predicted octanol–water partition coefficient (Wildman–Crippen LogP) is 3.09. The molecule has 0 atom stereocenters. The molecule has 0 bridgehead atoms. The molecule has 1 aromatic carbocycles. The highest BCUT2D eigenvalue weighted by Crippen LogP contribution is 2.30. The average Bonchev–Trinajstić information content (AvgIpc) is 2.29. The molecule has 6 nitrogen and oxygen atoms in total. The van der Waals surface area contributed by atoms with Crippen LogP contribution in [0.5, 0.6) is 5.75 Å². The molecule has 114 valence electrons. The number of alkyl halides is 2. The van der Waals surface area contributed by atoms with Crippen molar-refractivity contribution < 1.29 is 23.0 Å². The predicted molar refractivity (Wildman–Crippen MR) is 72.1 cm³/mol. The Morgan fingerprint density at radius 2 is 2.05 bits per heavy atom. The number of nitriles is 1. The third kappa shape index (κ3) is 5.14. The zero-order valence-electron chi connectivity index (χ0n) is 11.7. The summed E-state index contributed by atoms with van der Waals surface area (Å²) in [5, 5.41) is 11.2. The molecule has 8 heteroatoms. The van der Waals surface area contributed by atoms with Crippen LogP contribution < -0.4 is 15.8 Å². The van der Waals surface area contributed by atoms with Crippen molar-refractivity contribution in [2.75, 3.05) is 11.1 Å². The number of nitrogens with one attached hydrogen (secondary N) is 1. The van der Waals surface area contributed by atoms with Crippen molar-refractivity contribution in [1.29, 1.82) is 5.26 Å². The maximum Gasteiger partial charge on any atom is 0.412 e. The van der Waals surface area contributed by atoms with Gasteiger partial charge >= 0.3 is 12.7 Å². The highest BCUT2D eigenvalue weighted by Gasteiger charge is 2.19. The summed E-state index contributed by atoms with van der Waals surface area (Å²) in [5.74, 6) is -0.382. The average molecular weight is 299 g/mol. The fourth-order valence-corrected chi connectivity index (χ4v) is 1.40. The van der Waals surface area contributed by atoms with E-state index in [1.807, 2.05) is 0 Å². The van der Waals surface area contributed by atoms with Gasteiger partial charge in [-0.15, -0.1) is 0 Å². The maximum absolute atomic E-state index is 12.3. The number of rotatable bonds is 3. The molecule has 1 rings (SSSR count). The number of nitrogens with two attached hydrogens (primary N) is 1. The Kier molecular flexibility index (Phi) is 4.92. The summed E-state index contributed by atoms with van der Waals surface area (Å²) in [6, 6.07) is 3.85. The first-order valence-electron chi connectivity index (χ1n) is 5.91. The van der Waals surface area contributed by atoms with E-state index >= 15 is 0 Å². The standard InChI is InChI=1S/C13H15F2N3O3/c1-13(2,3)21-12(19)18-9-5-10(20-11(14)15)7(6-16)4-8(9)17/h4-5,11H,17H2,1-3H3,(H,18,19). The first-order valence-corrected chi connectivity index (χ1v) is 5.91. The van der Waals surface area contributed by atoms with Gasteiger partial charge in [0, 0.05) is 6.07 Å². The van der Waals surface area contributed by atoms with Crippen LogP contribution in [0.15, 0.2) is 12.1 Å². The van der Waals surface area contributed by atoms with E-state index in [2.05, 4.69) is 10.1 Å². The largest absolute Gasteiger partial charge is 0.444 e. The molecule has 0 aromatic heterocycles. The van der Waals surface area contributed by atoms with Crippen LogP contribution in [-0.4, -0.2) is 18.3 Å². The smallest absolute Gasteiger partial charge is 0.412 e. The van der Waals surface area contributed by atoms with Crippen LogP contribution in [0.1, 0.15) is 26.3 Å². The first-order chi connectivity index (χ1) is 9.62. The molecule has 1 aromatic rings. The van der Waals surface area contributed by atoms with Crippen LogP contribution in [0.3, 0.4) is 0 Å². The minimum atomic E-state index is -3.10. The monoisotopic (exact) mass is 299 g/mol. The molecule has 0 spiro atoms. The number of hydrogen-bond acceptors (Lipinski definition) is 5. The molecule has 0 saturated heterocycles. The van der Waals surface area contributed by atoms with E-state index in [0.29, 0.717) is 0 Å². The van der Waals surface area contributed by atoms with E-state index in [4.69, 9.17) is 15.7 Å². The van der Waals surface area contributed by atoms with Crippen molar-refractivity contribution in [2.24, 2.45) is 0 Å². The topological polar surface area (TPSA) is 97.4 Å². The molecule has 0 aliphatic carbocycles. The van der Waals surface area contributed by atoms with Crippen LogP contribution in [-0.2, 0) is 4.74 Å². The van der Waals surface area contributed by atoms with Crippen LogP contribution in [0.2, 0.25) is 0 Å². The highest BCUT2D eigenvalue weighted by atomic mass is 19.3. The van der Waals surface area contributed by atoms with Crippen molar-refractivity contribution in [3.8, 4) is 11.8 Å². The number of benzene rings is 1. The van der Waals surface area contributed by atoms with Crippen molar-refractivity contribution in [3.63, 3.8) is 0 Å². The van der Waals surface area contributed by atoms with Crippen molar-refractivity contribution in [2.45, 2.75) is 33.0 Å². The summed E-state index contributed by atoms with van der Waals surface area (Å²) in [6.45, 7) is 1.90. The number of halogens is 2. The molecular weight excluding hydrogens is 284 g/mol. The Morgan fingerprint density at radius 3 is 2.52 bits per heavy atom. The van der Waals surface area contributed by atoms with Gasteiger partial charge in [-0.25, -0.2) is 4.79 Å². The Bertz CT molecular complexity index is 577. The summed E-state index contributed by atoms with van der Waals surface area (Å²) in [7, 11) is 0. The SMILES string of the molecule is CC(C)(C)OC(=O)Nc1cc(OC(F)F)c(C#N)cc1N. The molecule has 0 aliphatic heterocycles. The molecule has 0 saturated carbocycles. The third-order valence-corrected chi connectivity index (χ3v) is 2.12. The molecule has 3 N–H and O–H groups in total. The second-order valence-corrected chi connectivity index (χ2v) is 5.05. The third-order valence-electron chi connectivity index (χ3n) is 2.12. The second kappa shape index (κ2) is 6.26. The lowest BCUT2D eigenvalue weighted by Crippen LogP contribution is -2.27. The summed E-state index contributed by atoms with van der Waals surface area (Å²) >= 11 is 0. The van der Waals surface area contributed by atoms with Gasteiger partial charge in [0.1, 0.15) is 17.4 Å². The number of ether oxygens (including phenoxy) is 2. The highest BCUT2D eigenvalue weighted by molar-refractivity contribution is 5.90. The van der Waals surface area contributed by atoms with Crippen LogP contribution in [0.25, 0.3) is 0 Å². The molecule has 0 unspecified atom stereocenters. The molecule has 0 radical (unpaired) electrons. The molecule has 0 aliphatic rings. The number of hydrogen-bond donors (Lipinski definition) is 2. The van der Waals surface area contributed by atoms with E-state index in [0.717, 1.165) is 12.1 Å². The number of nitrogen functional groups attached to an aromatic ring is 1. The van der Waals surface area contributed by atoms with Gasteiger partial charge in [0.25, 0.3) is 0 Å². The molecular formula is C13H15F2N3O3. The van der Waals surface area contributed by atoms with E-state index in [1.54, 1.807) is 26.8 Å². The second-order valence-electron chi connectivity index (χ2n) is 5.05. The van der Waals surface area contributed by atoms with E-state index in [1.165, 1.54) is 0 Å². The summed E-state index contributed by atoms with van der Waals surface area (Å²) < 4.78 is 33.8. The van der Waals surface area contributed by atoms with Gasteiger partial charge < -0.3 is 15.2 Å². The van der Waals surface area contributed by atoms with Gasteiger partial charge in [0.15, 0.2) is 0 Å². The lowest BCUT2D eigenvalue weighted by Gasteiger charge is -2.20. The Morgan fingerprint density at radius 1 is 1.43 bits per heavy atom. The minimum absolute atomic E-state index is 0.0129. The van der Waals surface area contributed by atoms with Crippen LogP contribution >= 0.6 is 0 Å². The number of carbonyl (C=O) groups is 1. The van der Waals surface area contributed by atoms with Gasteiger partial charge in [0.05, 0.1) is 16.9 Å². The minimum Gasteiger partial charge on any atom is -0.444 e. The Hall–Kier alpha value is -2.56. The quantitative estimate of drug-likeness (QED) is 0.836. The number of amides is 1. The first kappa shape index (κ1) is 16.5. The fraction of sp³-hybridized carbons (Fsp3) is 0.385. The van der Waals surface area contributed by atoms with Crippen LogP contribution in [0, 0.1) is 11.3 Å². The molecule has 0 heterocycles. The van der Waals surface area contributed by atoms with Crippen molar-refractivity contribution in [1.82, 2.24) is 0 Å². The van der Waals surface area contributed by atoms with E-state index < -0.39 is 18.3 Å². The van der Waals surface area contributed by atoms with Gasteiger partial charge in [0.2, 0.25) is 0 Å². The number of nitrogens with zero attached hydrogens (tertiary/aromatic N) is 1. The molecule has 21 heavy (non-hydrogen) atoms. The Labute approximate surface area is 120 Å². The van der Waals surface area contributed by atoms with Crippen molar-refractivity contribution in [3.05, 3.63) is 17.7 Å². The van der Waals surface area contributed by atoms with Gasteiger partial charge in [-0.2, -0.15) is 14.0 Å². The number of carbonyl (C=O) groups excluding carboxylic acids is 1. The summed E-state index contributed by atoms with van der Waals surface area (Å²) in [4.78, 5) is 11.6. The lowest BCUT2D eigenvalue weighted by atomic mass is 10.1. The molecule has 1 amide bonds. The lowest BCUT2D eigenvalue weighted by molar-refractivity contribution is -0.0499.